The van der Waals surface area contributed by atoms with Crippen LogP contribution >= 0.6 is 0 Å². The Morgan fingerprint density at radius 3 is 2.88 bits per heavy atom. The zero-order chi connectivity index (χ0) is 18.7. The first kappa shape index (κ1) is 17.9. The van der Waals surface area contributed by atoms with Gasteiger partial charge in [0.1, 0.15) is 29.2 Å². The number of hydrogen-bond donors (Lipinski definition) is 1. The first-order chi connectivity index (χ1) is 12.5. The molecule has 1 aliphatic rings. The van der Waals surface area contributed by atoms with Gasteiger partial charge in [0.25, 0.3) is 0 Å². The van der Waals surface area contributed by atoms with Crippen molar-refractivity contribution in [1.29, 1.82) is 0 Å². The van der Waals surface area contributed by atoms with Crippen LogP contribution in [0, 0.1) is 11.6 Å². The fraction of sp³-hybridized carbons (Fsp3) is 0.250. The predicted octanol–water partition coefficient (Wildman–Crippen LogP) is 4.34. The van der Waals surface area contributed by atoms with Crippen LogP contribution in [-0.4, -0.2) is 18.6 Å². The molecule has 2 aromatic carbocycles. The van der Waals surface area contributed by atoms with Crippen molar-refractivity contribution in [3.63, 3.8) is 0 Å². The summed E-state index contributed by atoms with van der Waals surface area (Å²) >= 11 is 0. The molecule has 2 aromatic rings. The lowest BCUT2D eigenvalue weighted by molar-refractivity contribution is -0.111. The Morgan fingerprint density at radius 2 is 2.15 bits per heavy atom. The van der Waals surface area contributed by atoms with E-state index >= 15 is 0 Å². The first-order valence-corrected chi connectivity index (χ1v) is 8.36. The minimum Gasteiger partial charge on any atom is -0.493 e. The van der Waals surface area contributed by atoms with Crippen LogP contribution < -0.4 is 14.8 Å². The topological polar surface area (TPSA) is 47.6 Å². The normalized spacial score (nSPS) is 15.6. The molecule has 1 atom stereocenters. The minimum atomic E-state index is -0.832. The van der Waals surface area contributed by atoms with Gasteiger partial charge in [-0.1, -0.05) is 0 Å². The molecule has 1 amide bonds. The molecular formula is C20H19F2NO3. The molecule has 1 N–H and O–H groups in total. The average molecular weight is 359 g/mol. The summed E-state index contributed by atoms with van der Waals surface area (Å²) in [6.45, 7) is 4.35. The molecule has 6 heteroatoms. The summed E-state index contributed by atoms with van der Waals surface area (Å²) in [5.41, 5.74) is 1.67. The fourth-order valence-electron chi connectivity index (χ4n) is 2.80. The van der Waals surface area contributed by atoms with Crippen LogP contribution in [0.15, 0.2) is 36.4 Å². The lowest BCUT2D eigenvalue weighted by Gasteiger charge is -2.10. The van der Waals surface area contributed by atoms with Gasteiger partial charge in [0.05, 0.1) is 12.3 Å². The van der Waals surface area contributed by atoms with E-state index in [2.05, 4.69) is 5.32 Å². The maximum Gasteiger partial charge on any atom is 0.248 e. The molecule has 0 radical (unpaired) electrons. The zero-order valence-corrected chi connectivity index (χ0v) is 14.5. The number of benzene rings is 2. The lowest BCUT2D eigenvalue weighted by atomic mass is 10.1. The SMILES string of the molecule is CCOc1cc2c(cc1/C=C/C(=O)Nc1ccc(F)cc1F)O[C@H](C)C2. The van der Waals surface area contributed by atoms with Gasteiger partial charge in [0.15, 0.2) is 0 Å². The Morgan fingerprint density at radius 1 is 1.35 bits per heavy atom. The standard InChI is InChI=1S/C20H19F2NO3/c1-3-25-18-10-14-8-12(2)26-19(14)9-13(18)4-7-20(24)23-17-6-5-15(21)11-16(17)22/h4-7,9-12H,3,8H2,1-2H3,(H,23,24)/b7-4+/t12-/m1/s1. The van der Waals surface area contributed by atoms with Crippen LogP contribution in [0.4, 0.5) is 14.5 Å². The number of amides is 1. The van der Waals surface area contributed by atoms with Crippen molar-refractivity contribution < 1.29 is 23.0 Å². The number of halogens is 2. The van der Waals surface area contributed by atoms with Gasteiger partial charge < -0.3 is 14.8 Å². The summed E-state index contributed by atoms with van der Waals surface area (Å²) in [6, 6.07) is 6.71. The van der Waals surface area contributed by atoms with Crippen LogP contribution in [0.3, 0.4) is 0 Å². The summed E-state index contributed by atoms with van der Waals surface area (Å²) < 4.78 is 37.9. The zero-order valence-electron chi connectivity index (χ0n) is 14.5. The highest BCUT2D eigenvalue weighted by atomic mass is 19.1. The second-order valence-electron chi connectivity index (χ2n) is 6.01. The van der Waals surface area contributed by atoms with Gasteiger partial charge in [-0.05, 0) is 44.2 Å². The smallest absolute Gasteiger partial charge is 0.248 e. The molecule has 0 aromatic heterocycles. The highest BCUT2D eigenvalue weighted by Gasteiger charge is 2.21. The summed E-state index contributed by atoms with van der Waals surface area (Å²) in [5, 5.41) is 2.38. The minimum absolute atomic E-state index is 0.0859. The number of rotatable bonds is 5. The second kappa shape index (κ2) is 7.56. The molecule has 0 bridgehead atoms. The van der Waals surface area contributed by atoms with E-state index in [1.165, 1.54) is 12.1 Å². The molecule has 1 aliphatic heterocycles. The van der Waals surface area contributed by atoms with E-state index in [4.69, 9.17) is 9.47 Å². The monoisotopic (exact) mass is 359 g/mol. The van der Waals surface area contributed by atoms with Crippen LogP contribution in [-0.2, 0) is 11.2 Å². The maximum atomic E-state index is 13.6. The fourth-order valence-corrected chi connectivity index (χ4v) is 2.80. The molecule has 0 fully saturated rings. The highest BCUT2D eigenvalue weighted by Crippen LogP contribution is 2.35. The van der Waals surface area contributed by atoms with Gasteiger partial charge in [-0.25, -0.2) is 8.78 Å². The molecule has 0 aliphatic carbocycles. The average Bonchev–Trinajstić information content (AvgIpc) is 2.94. The van der Waals surface area contributed by atoms with Crippen molar-refractivity contribution in [2.24, 2.45) is 0 Å². The van der Waals surface area contributed by atoms with Gasteiger partial charge in [-0.3, -0.25) is 4.79 Å². The Kier molecular flexibility index (Phi) is 5.21. The van der Waals surface area contributed by atoms with Gasteiger partial charge in [0.2, 0.25) is 5.91 Å². The van der Waals surface area contributed by atoms with E-state index in [0.717, 1.165) is 23.8 Å². The van der Waals surface area contributed by atoms with Crippen molar-refractivity contribution in [3.8, 4) is 11.5 Å². The summed E-state index contributed by atoms with van der Waals surface area (Å²) in [6.07, 6.45) is 3.76. The predicted molar refractivity (Wildman–Crippen MR) is 95.4 cm³/mol. The largest absolute Gasteiger partial charge is 0.493 e. The van der Waals surface area contributed by atoms with Gasteiger partial charge in [0, 0.05) is 29.7 Å². The van der Waals surface area contributed by atoms with Crippen molar-refractivity contribution in [2.45, 2.75) is 26.4 Å². The molecular weight excluding hydrogens is 340 g/mol. The van der Waals surface area contributed by atoms with Crippen molar-refractivity contribution in [2.75, 3.05) is 11.9 Å². The van der Waals surface area contributed by atoms with Crippen LogP contribution in [0.2, 0.25) is 0 Å². The van der Waals surface area contributed by atoms with E-state index in [9.17, 15) is 13.6 Å². The molecule has 1 heterocycles. The third-order valence-electron chi connectivity index (χ3n) is 3.93. The van der Waals surface area contributed by atoms with E-state index < -0.39 is 17.5 Å². The number of carbonyl (C=O) groups is 1. The van der Waals surface area contributed by atoms with Crippen LogP contribution in [0.25, 0.3) is 6.08 Å². The van der Waals surface area contributed by atoms with Crippen LogP contribution in [0.1, 0.15) is 25.0 Å². The molecule has 3 rings (SSSR count). The number of carbonyl (C=O) groups excluding carboxylic acids is 1. The van der Waals surface area contributed by atoms with Gasteiger partial charge in [-0.2, -0.15) is 0 Å². The Bertz CT molecular complexity index is 864. The summed E-state index contributed by atoms with van der Waals surface area (Å²) in [5.74, 6) is -0.647. The molecule has 0 spiro atoms. The number of nitrogens with one attached hydrogen (secondary N) is 1. The van der Waals surface area contributed by atoms with Gasteiger partial charge in [-0.15, -0.1) is 0 Å². The Hall–Kier alpha value is -2.89. The highest BCUT2D eigenvalue weighted by molar-refractivity contribution is 6.02. The van der Waals surface area contributed by atoms with Crippen molar-refractivity contribution >= 4 is 17.7 Å². The van der Waals surface area contributed by atoms with E-state index in [1.54, 1.807) is 6.08 Å². The molecule has 0 saturated heterocycles. The van der Waals surface area contributed by atoms with E-state index in [-0.39, 0.29) is 11.8 Å². The van der Waals surface area contributed by atoms with Crippen molar-refractivity contribution in [3.05, 3.63) is 59.2 Å². The van der Waals surface area contributed by atoms with Crippen LogP contribution in [0.5, 0.6) is 11.5 Å². The van der Waals surface area contributed by atoms with Crippen molar-refractivity contribution in [1.82, 2.24) is 0 Å². The number of fused-ring (bicyclic) bond motifs is 1. The first-order valence-electron chi connectivity index (χ1n) is 8.36. The van der Waals surface area contributed by atoms with Gasteiger partial charge >= 0.3 is 0 Å². The summed E-state index contributed by atoms with van der Waals surface area (Å²) in [7, 11) is 0. The van der Waals surface area contributed by atoms with E-state index in [1.807, 2.05) is 26.0 Å². The maximum absolute atomic E-state index is 13.6. The number of ether oxygens (including phenoxy) is 2. The number of hydrogen-bond acceptors (Lipinski definition) is 3. The Balaban J connectivity index is 1.78. The van der Waals surface area contributed by atoms with E-state index in [0.29, 0.717) is 24.0 Å². The molecule has 0 unspecified atom stereocenters. The number of anilines is 1. The second-order valence-corrected chi connectivity index (χ2v) is 6.01. The third-order valence-corrected chi connectivity index (χ3v) is 3.93. The Labute approximate surface area is 150 Å². The molecule has 4 nitrogen and oxygen atoms in total. The molecule has 136 valence electrons. The third kappa shape index (κ3) is 4.02. The quantitative estimate of drug-likeness (QED) is 0.808. The molecule has 0 saturated carbocycles. The summed E-state index contributed by atoms with van der Waals surface area (Å²) in [4.78, 5) is 12.0. The lowest BCUT2D eigenvalue weighted by Crippen LogP contribution is -2.09. The molecule has 26 heavy (non-hydrogen) atoms.